The van der Waals surface area contributed by atoms with Gasteiger partial charge in [0, 0.05) is 5.92 Å². The van der Waals surface area contributed by atoms with Crippen LogP contribution in [0.5, 0.6) is 0 Å². The fourth-order valence-electron chi connectivity index (χ4n) is 2.18. The number of hydrogen-bond donors (Lipinski definition) is 2. The molecule has 1 aliphatic carbocycles. The van der Waals surface area contributed by atoms with E-state index in [1.807, 2.05) is 18.3 Å². The number of H-pyrrole nitrogens is 2. The van der Waals surface area contributed by atoms with Gasteiger partial charge in [-0.25, -0.2) is 25.3 Å². The third-order valence-corrected chi connectivity index (χ3v) is 3.43. The minimum absolute atomic E-state index is 0.293. The molecular weight excluding hydrogens is 266 g/mol. The molecule has 3 N–H and O–H groups in total. The highest BCUT2D eigenvalue weighted by molar-refractivity contribution is 5.76. The average Bonchev–Trinajstić information content (AvgIpc) is 3.28. The molecule has 0 aliphatic heterocycles. The first-order valence-electron chi connectivity index (χ1n) is 6.72. The smallest absolute Gasteiger partial charge is 0.280 e. The molecule has 21 heavy (non-hydrogen) atoms. The van der Waals surface area contributed by atoms with Gasteiger partial charge in [0.1, 0.15) is 29.1 Å². The number of aromatic amines is 2. The fraction of sp³-hybridized carbons (Fsp3) is 0.214. The van der Waals surface area contributed by atoms with Gasteiger partial charge in [0.15, 0.2) is 5.69 Å². The number of nitrogens with one attached hydrogen (secondary N) is 3. The number of aromatic nitrogens is 5. The van der Waals surface area contributed by atoms with Gasteiger partial charge in [-0.05, 0) is 12.8 Å². The molecule has 0 amide bonds. The summed E-state index contributed by atoms with van der Waals surface area (Å²) < 4.78 is 0. The van der Waals surface area contributed by atoms with Gasteiger partial charge in [-0.3, -0.25) is 0 Å². The Hall–Kier alpha value is -3.01. The number of fused-ring (bicyclic) bond motifs is 1. The lowest BCUT2D eigenvalue weighted by Crippen LogP contribution is -2.10. The van der Waals surface area contributed by atoms with Crippen molar-refractivity contribution in [3.63, 3.8) is 0 Å². The van der Waals surface area contributed by atoms with Gasteiger partial charge in [-0.1, -0.05) is 0 Å². The van der Waals surface area contributed by atoms with Crippen LogP contribution in [0.4, 0.5) is 11.6 Å². The number of anilines is 2. The lowest BCUT2D eigenvalue weighted by molar-refractivity contribution is -0.358. The van der Waals surface area contributed by atoms with Gasteiger partial charge in [-0.15, -0.1) is 0 Å². The fourth-order valence-corrected chi connectivity index (χ4v) is 2.18. The van der Waals surface area contributed by atoms with Crippen molar-refractivity contribution in [3.8, 4) is 6.07 Å². The van der Waals surface area contributed by atoms with E-state index in [0.717, 1.165) is 22.7 Å². The summed E-state index contributed by atoms with van der Waals surface area (Å²) in [6.45, 7) is 0. The first-order valence-corrected chi connectivity index (χ1v) is 6.72. The van der Waals surface area contributed by atoms with Crippen LogP contribution in [0.1, 0.15) is 30.3 Å². The van der Waals surface area contributed by atoms with E-state index in [-0.39, 0.29) is 0 Å². The van der Waals surface area contributed by atoms with Crippen LogP contribution in [0.15, 0.2) is 24.7 Å². The summed E-state index contributed by atoms with van der Waals surface area (Å²) in [6.07, 6.45) is 7.27. The molecule has 3 aromatic heterocycles. The summed E-state index contributed by atoms with van der Waals surface area (Å²) in [4.78, 5) is 19.2. The predicted molar refractivity (Wildman–Crippen MR) is 74.7 cm³/mol. The van der Waals surface area contributed by atoms with Crippen LogP contribution in [-0.2, 0) is 0 Å². The molecule has 0 aromatic carbocycles. The molecule has 0 radical (unpaired) electrons. The molecule has 0 bridgehead atoms. The second-order valence-corrected chi connectivity index (χ2v) is 5.07. The van der Waals surface area contributed by atoms with Gasteiger partial charge in [0.2, 0.25) is 5.82 Å². The molecule has 0 unspecified atom stereocenters. The second kappa shape index (κ2) is 4.52. The largest absolute Gasteiger partial charge is 0.339 e. The van der Waals surface area contributed by atoms with Crippen LogP contribution in [-0.4, -0.2) is 19.9 Å². The molecule has 3 aromatic rings. The highest BCUT2D eigenvalue weighted by Crippen LogP contribution is 2.38. The van der Waals surface area contributed by atoms with E-state index < -0.39 is 0 Å². The summed E-state index contributed by atoms with van der Waals surface area (Å²) >= 11 is 0. The number of hydrogen-bond acceptors (Lipinski definition) is 5. The lowest BCUT2D eigenvalue weighted by Gasteiger charge is -1.96. The summed E-state index contributed by atoms with van der Waals surface area (Å²) in [5, 5.41) is 11.8. The van der Waals surface area contributed by atoms with Gasteiger partial charge >= 0.3 is 0 Å². The summed E-state index contributed by atoms with van der Waals surface area (Å²) in [5.41, 5.74) is 2.20. The van der Waals surface area contributed by atoms with Crippen LogP contribution in [0.25, 0.3) is 11.0 Å². The van der Waals surface area contributed by atoms with Crippen molar-refractivity contribution in [2.24, 2.45) is 0 Å². The van der Waals surface area contributed by atoms with Gasteiger partial charge in [0.05, 0.1) is 18.5 Å². The maximum atomic E-state index is 8.70. The van der Waals surface area contributed by atoms with Crippen LogP contribution >= 0.6 is 0 Å². The quantitative estimate of drug-likeness (QED) is 0.758. The van der Waals surface area contributed by atoms with E-state index in [0.29, 0.717) is 17.4 Å². The highest BCUT2D eigenvalue weighted by Gasteiger charge is 2.27. The maximum absolute atomic E-state index is 8.70. The highest BCUT2D eigenvalue weighted by atomic mass is 15.1. The van der Waals surface area contributed by atoms with Crippen LogP contribution in [0.3, 0.4) is 0 Å². The molecule has 1 aliphatic rings. The van der Waals surface area contributed by atoms with Gasteiger partial charge in [-0.2, -0.15) is 5.26 Å². The Morgan fingerprint density at radius 2 is 2.24 bits per heavy atom. The maximum Gasteiger partial charge on any atom is 0.280 e. The Kier molecular flexibility index (Phi) is 2.54. The van der Waals surface area contributed by atoms with Crippen LogP contribution in [0, 0.1) is 11.3 Å². The molecule has 4 rings (SSSR count). The van der Waals surface area contributed by atoms with Gasteiger partial charge < -0.3 is 4.98 Å². The van der Waals surface area contributed by atoms with Crippen LogP contribution < -0.4 is 10.3 Å². The van der Waals surface area contributed by atoms with Gasteiger partial charge in [0.25, 0.3) is 5.82 Å². The molecule has 102 valence electrons. The molecule has 7 nitrogen and oxygen atoms in total. The standard InChI is InChI=1S/C14H11N7/c15-4-9-5-17-13(7-16-9)21-12-3-10-11(6-18-12)20-14(19-10)8-1-2-8/h3,5-8H,1-2H2,(H,19,20)(H,17,18,21)/p+1. The number of pyridine rings is 1. The SMILES string of the molecule is N#Cc1cnc(Nc2cc3nc(C4CC4)[nH]c3c[nH+]2)cn1. The number of nitriles is 1. The molecule has 0 atom stereocenters. The van der Waals surface area contributed by atoms with E-state index in [2.05, 4.69) is 30.2 Å². The minimum Gasteiger partial charge on any atom is -0.339 e. The molecule has 7 heteroatoms. The first-order chi connectivity index (χ1) is 10.3. The predicted octanol–water partition coefficient (Wildman–Crippen LogP) is 1.66. The van der Waals surface area contributed by atoms with Crippen molar-refractivity contribution in [2.75, 3.05) is 5.32 Å². The number of rotatable bonds is 3. The molecular formula is C14H12N7+. The minimum atomic E-state index is 0.293. The molecule has 0 saturated heterocycles. The molecule has 1 saturated carbocycles. The molecule has 1 fully saturated rings. The summed E-state index contributed by atoms with van der Waals surface area (Å²) in [7, 11) is 0. The second-order valence-electron chi connectivity index (χ2n) is 5.07. The monoisotopic (exact) mass is 278 g/mol. The Balaban J connectivity index is 1.61. The van der Waals surface area contributed by atoms with Crippen molar-refractivity contribution >= 4 is 22.7 Å². The number of imidazole rings is 1. The third kappa shape index (κ3) is 2.27. The third-order valence-electron chi connectivity index (χ3n) is 3.43. The van der Waals surface area contributed by atoms with Crippen molar-refractivity contribution in [3.05, 3.63) is 36.2 Å². The average molecular weight is 278 g/mol. The zero-order valence-electron chi connectivity index (χ0n) is 11.1. The van der Waals surface area contributed by atoms with Crippen molar-refractivity contribution < 1.29 is 4.98 Å². The Morgan fingerprint density at radius 3 is 2.95 bits per heavy atom. The topological polar surface area (TPSA) is 104 Å². The van der Waals surface area contributed by atoms with E-state index in [4.69, 9.17) is 5.26 Å². The molecule has 3 heterocycles. The van der Waals surface area contributed by atoms with Crippen molar-refractivity contribution in [2.45, 2.75) is 18.8 Å². The Labute approximate surface area is 120 Å². The van der Waals surface area contributed by atoms with E-state index >= 15 is 0 Å². The zero-order valence-corrected chi connectivity index (χ0v) is 11.1. The van der Waals surface area contributed by atoms with Crippen molar-refractivity contribution in [1.29, 1.82) is 5.26 Å². The lowest BCUT2D eigenvalue weighted by atomic mass is 10.4. The zero-order chi connectivity index (χ0) is 14.2. The molecule has 0 spiro atoms. The Morgan fingerprint density at radius 1 is 1.33 bits per heavy atom. The normalized spacial score (nSPS) is 14.0. The van der Waals surface area contributed by atoms with E-state index in [1.54, 1.807) is 0 Å². The van der Waals surface area contributed by atoms with E-state index in [9.17, 15) is 0 Å². The van der Waals surface area contributed by atoms with E-state index in [1.165, 1.54) is 25.2 Å². The Bertz CT molecular complexity index is 840. The van der Waals surface area contributed by atoms with Crippen molar-refractivity contribution in [1.82, 2.24) is 19.9 Å². The summed E-state index contributed by atoms with van der Waals surface area (Å²) in [6, 6.07) is 3.87. The first kappa shape index (κ1) is 11.8. The number of nitrogens with zero attached hydrogens (tertiary/aromatic N) is 4. The summed E-state index contributed by atoms with van der Waals surface area (Å²) in [5.74, 6) is 3.00. The van der Waals surface area contributed by atoms with Crippen LogP contribution in [0.2, 0.25) is 0 Å².